The van der Waals surface area contributed by atoms with E-state index in [2.05, 4.69) is 0 Å². The second kappa shape index (κ2) is 7.44. The molecular weight excluding hydrogens is 274 g/mol. The van der Waals surface area contributed by atoms with Crippen LogP contribution in [0.25, 0.3) is 0 Å². The number of carboxylic acids is 2. The van der Waals surface area contributed by atoms with Crippen LogP contribution < -0.4 is 0 Å². The van der Waals surface area contributed by atoms with Gasteiger partial charge in [-0.3, -0.25) is 9.59 Å². The molecule has 0 aromatic carbocycles. The number of rotatable bonds is 9. The average molecular weight is 295 g/mol. The third-order valence-corrected chi connectivity index (χ3v) is 4.02. The Morgan fingerprint density at radius 3 is 2.05 bits per heavy atom. The molecule has 7 nitrogen and oxygen atoms in total. The number of unbranched alkanes of at least 4 members (excludes halogenated alkanes) is 1. The van der Waals surface area contributed by atoms with Gasteiger partial charge in [0.1, 0.15) is 6.04 Å². The highest BCUT2D eigenvalue weighted by atomic mass is 32.2. The highest BCUT2D eigenvalue weighted by molar-refractivity contribution is 7.88. The van der Waals surface area contributed by atoms with Crippen molar-refractivity contribution in [2.45, 2.75) is 39.2 Å². The second-order valence-corrected chi connectivity index (χ2v) is 6.50. The van der Waals surface area contributed by atoms with E-state index in [4.69, 9.17) is 10.2 Å². The Morgan fingerprint density at radius 1 is 1.21 bits per heavy atom. The zero-order valence-corrected chi connectivity index (χ0v) is 12.2. The number of carbonyl (C=O) groups is 2. The third-order valence-electron chi connectivity index (χ3n) is 2.77. The second-order valence-electron chi connectivity index (χ2n) is 4.57. The summed E-state index contributed by atoms with van der Waals surface area (Å²) in [6, 6.07) is -1.21. The van der Waals surface area contributed by atoms with Gasteiger partial charge in [0.25, 0.3) is 0 Å². The molecule has 0 aromatic heterocycles. The van der Waals surface area contributed by atoms with E-state index in [1.54, 1.807) is 0 Å². The van der Waals surface area contributed by atoms with Gasteiger partial charge in [-0.25, -0.2) is 8.42 Å². The van der Waals surface area contributed by atoms with Crippen molar-refractivity contribution >= 4 is 22.0 Å². The van der Waals surface area contributed by atoms with E-state index >= 15 is 0 Å². The van der Waals surface area contributed by atoms with E-state index in [0.29, 0.717) is 6.42 Å². The molecule has 0 rings (SSSR count). The van der Waals surface area contributed by atoms with Crippen molar-refractivity contribution in [2.75, 3.05) is 12.8 Å². The van der Waals surface area contributed by atoms with Gasteiger partial charge in [-0.15, -0.1) is 0 Å². The summed E-state index contributed by atoms with van der Waals surface area (Å²) >= 11 is 0. The molecule has 0 radical (unpaired) electrons. The Bertz CT molecular complexity index is 419. The maximum Gasteiger partial charge on any atom is 0.322 e. The van der Waals surface area contributed by atoms with Crippen molar-refractivity contribution in [3.05, 3.63) is 0 Å². The zero-order valence-electron chi connectivity index (χ0n) is 11.4. The number of hydrogen-bond acceptors (Lipinski definition) is 4. The molecule has 0 aliphatic carbocycles. The molecule has 2 atom stereocenters. The minimum absolute atomic E-state index is 0.172. The number of carboxylic acid groups (broad SMARTS) is 2. The first-order chi connectivity index (χ1) is 8.61. The van der Waals surface area contributed by atoms with Crippen molar-refractivity contribution in [3.8, 4) is 0 Å². The van der Waals surface area contributed by atoms with Gasteiger partial charge in [0.15, 0.2) is 0 Å². The first-order valence-corrected chi connectivity index (χ1v) is 7.88. The van der Waals surface area contributed by atoms with E-state index in [9.17, 15) is 18.0 Å². The zero-order chi connectivity index (χ0) is 15.2. The summed E-state index contributed by atoms with van der Waals surface area (Å²) in [5.41, 5.74) is 0. The van der Waals surface area contributed by atoms with Crippen LogP contribution in [-0.4, -0.2) is 53.7 Å². The quantitative estimate of drug-likeness (QED) is 0.644. The van der Waals surface area contributed by atoms with Crippen molar-refractivity contribution in [1.82, 2.24) is 4.31 Å². The number of hydrogen-bond donors (Lipinski definition) is 2. The molecule has 0 heterocycles. The molecule has 0 aliphatic heterocycles. The summed E-state index contributed by atoms with van der Waals surface area (Å²) in [7, 11) is -3.78. The fourth-order valence-electron chi connectivity index (χ4n) is 1.63. The Morgan fingerprint density at radius 2 is 1.74 bits per heavy atom. The van der Waals surface area contributed by atoms with Gasteiger partial charge >= 0.3 is 11.9 Å². The Kier molecular flexibility index (Phi) is 6.99. The highest BCUT2D eigenvalue weighted by Gasteiger charge is 2.34. The SMILES string of the molecule is CCCCC(C(=O)O)N(CC(C)C(=O)O)S(C)(=O)=O. The van der Waals surface area contributed by atoms with Crippen LogP contribution in [0.2, 0.25) is 0 Å². The summed E-state index contributed by atoms with van der Waals surface area (Å²) < 4.78 is 24.1. The van der Waals surface area contributed by atoms with Gasteiger partial charge in [-0.2, -0.15) is 4.31 Å². The molecule has 0 aromatic rings. The minimum Gasteiger partial charge on any atom is -0.481 e. The van der Waals surface area contributed by atoms with Gasteiger partial charge in [0, 0.05) is 6.54 Å². The normalized spacial score (nSPS) is 15.2. The van der Waals surface area contributed by atoms with Gasteiger partial charge in [-0.05, 0) is 6.42 Å². The van der Waals surface area contributed by atoms with Crippen LogP contribution in [0.3, 0.4) is 0 Å². The van der Waals surface area contributed by atoms with Crippen LogP contribution in [0.5, 0.6) is 0 Å². The van der Waals surface area contributed by atoms with Crippen molar-refractivity contribution in [1.29, 1.82) is 0 Å². The van der Waals surface area contributed by atoms with Crippen LogP contribution in [0.1, 0.15) is 33.1 Å². The highest BCUT2D eigenvalue weighted by Crippen LogP contribution is 2.16. The van der Waals surface area contributed by atoms with Gasteiger partial charge in [0.05, 0.1) is 12.2 Å². The van der Waals surface area contributed by atoms with Crippen LogP contribution in [0.15, 0.2) is 0 Å². The molecule has 0 amide bonds. The van der Waals surface area contributed by atoms with Crippen LogP contribution in [0.4, 0.5) is 0 Å². The molecule has 0 saturated carbocycles. The van der Waals surface area contributed by atoms with E-state index in [-0.39, 0.29) is 13.0 Å². The molecule has 112 valence electrons. The molecule has 2 N–H and O–H groups in total. The number of nitrogens with zero attached hydrogens (tertiary/aromatic N) is 1. The summed E-state index contributed by atoms with van der Waals surface area (Å²) in [4.78, 5) is 22.0. The molecule has 19 heavy (non-hydrogen) atoms. The van der Waals surface area contributed by atoms with Crippen molar-refractivity contribution < 1.29 is 28.2 Å². The van der Waals surface area contributed by atoms with E-state index in [1.165, 1.54) is 6.92 Å². The molecule has 0 saturated heterocycles. The van der Waals surface area contributed by atoms with Gasteiger partial charge < -0.3 is 10.2 Å². The number of sulfonamides is 1. The van der Waals surface area contributed by atoms with Gasteiger partial charge in [-0.1, -0.05) is 26.7 Å². The van der Waals surface area contributed by atoms with Crippen molar-refractivity contribution in [3.63, 3.8) is 0 Å². The fraction of sp³-hybridized carbons (Fsp3) is 0.818. The minimum atomic E-state index is -3.78. The lowest BCUT2D eigenvalue weighted by atomic mass is 10.1. The molecule has 0 spiro atoms. The summed E-state index contributed by atoms with van der Waals surface area (Å²) in [6.07, 6.45) is 2.36. The standard InChI is InChI=1S/C11H21NO6S/c1-4-5-6-9(11(15)16)12(19(3,17)18)7-8(2)10(13)14/h8-9H,4-7H2,1-3H3,(H,13,14)(H,15,16). The third kappa shape index (κ3) is 6.02. The van der Waals surface area contributed by atoms with E-state index in [0.717, 1.165) is 17.0 Å². The Hall–Kier alpha value is -1.15. The smallest absolute Gasteiger partial charge is 0.322 e. The summed E-state index contributed by atoms with van der Waals surface area (Å²) in [5.74, 6) is -3.37. The Balaban J connectivity index is 5.20. The molecule has 8 heteroatoms. The molecule has 0 fully saturated rings. The van der Waals surface area contributed by atoms with Crippen molar-refractivity contribution in [2.24, 2.45) is 5.92 Å². The van der Waals surface area contributed by atoms with Crippen LogP contribution in [0, 0.1) is 5.92 Å². The lowest BCUT2D eigenvalue weighted by Crippen LogP contribution is -2.47. The predicted octanol–water partition coefficient (Wildman–Crippen LogP) is 0.612. The van der Waals surface area contributed by atoms with E-state index in [1.807, 2.05) is 6.92 Å². The molecular formula is C11H21NO6S. The van der Waals surface area contributed by atoms with Gasteiger partial charge in [0.2, 0.25) is 10.0 Å². The topological polar surface area (TPSA) is 112 Å². The first kappa shape index (κ1) is 17.8. The first-order valence-electron chi connectivity index (χ1n) is 6.03. The maximum absolute atomic E-state index is 11.7. The van der Waals surface area contributed by atoms with E-state index < -0.39 is 33.9 Å². The Labute approximate surface area is 113 Å². The lowest BCUT2D eigenvalue weighted by molar-refractivity contribution is -0.145. The molecule has 2 unspecified atom stereocenters. The maximum atomic E-state index is 11.7. The predicted molar refractivity (Wildman–Crippen MR) is 69.3 cm³/mol. The summed E-state index contributed by atoms with van der Waals surface area (Å²) in [5, 5.41) is 18.0. The summed E-state index contributed by atoms with van der Waals surface area (Å²) in [6.45, 7) is 2.87. The largest absolute Gasteiger partial charge is 0.481 e. The average Bonchev–Trinajstić information content (AvgIpc) is 2.25. The monoisotopic (exact) mass is 295 g/mol. The lowest BCUT2D eigenvalue weighted by Gasteiger charge is -2.27. The van der Waals surface area contributed by atoms with Crippen LogP contribution in [-0.2, 0) is 19.6 Å². The molecule has 0 aliphatic rings. The fourth-order valence-corrected chi connectivity index (χ4v) is 2.78. The molecule has 0 bridgehead atoms. The van der Waals surface area contributed by atoms with Crippen LogP contribution >= 0.6 is 0 Å². The number of aliphatic carboxylic acids is 2.